The highest BCUT2D eigenvalue weighted by molar-refractivity contribution is 5.74. The van der Waals surface area contributed by atoms with Crippen LogP contribution in [0.3, 0.4) is 0 Å². The van der Waals surface area contributed by atoms with Crippen LogP contribution in [0.4, 0.5) is 9.18 Å². The minimum absolute atomic E-state index is 0.139. The van der Waals surface area contributed by atoms with Gasteiger partial charge in [-0.3, -0.25) is 0 Å². The molecule has 2 aromatic carbocycles. The van der Waals surface area contributed by atoms with E-state index in [2.05, 4.69) is 17.4 Å². The molecule has 162 valence electrons. The van der Waals surface area contributed by atoms with E-state index in [0.29, 0.717) is 38.4 Å². The fraction of sp³-hybridized carbons (Fsp3) is 0.458. The molecule has 0 bridgehead atoms. The number of ether oxygens (including phenoxy) is 1. The first-order valence-corrected chi connectivity index (χ1v) is 10.5. The van der Waals surface area contributed by atoms with Gasteiger partial charge in [-0.25, -0.2) is 9.18 Å². The molecule has 1 N–H and O–H groups in total. The monoisotopic (exact) mass is 413 g/mol. The lowest BCUT2D eigenvalue weighted by molar-refractivity contribution is 0.0500. The van der Waals surface area contributed by atoms with Crippen LogP contribution in [-0.4, -0.2) is 62.8 Å². The van der Waals surface area contributed by atoms with Gasteiger partial charge in [-0.15, -0.1) is 0 Å². The van der Waals surface area contributed by atoms with Crippen LogP contribution in [0.2, 0.25) is 0 Å². The van der Waals surface area contributed by atoms with Crippen LogP contribution in [0.5, 0.6) is 0 Å². The molecule has 6 heteroatoms. The highest BCUT2D eigenvalue weighted by Gasteiger charge is 2.35. The molecule has 0 atom stereocenters. The summed E-state index contributed by atoms with van der Waals surface area (Å²) in [7, 11) is 3.93. The average molecular weight is 414 g/mol. The zero-order valence-corrected chi connectivity index (χ0v) is 17.9. The average Bonchev–Trinajstić information content (AvgIpc) is 2.77. The first-order valence-electron chi connectivity index (χ1n) is 10.5. The minimum Gasteiger partial charge on any atom is -0.381 e. The number of rotatable bonds is 8. The number of nitrogens with one attached hydrogen (secondary N) is 1. The summed E-state index contributed by atoms with van der Waals surface area (Å²) in [5.41, 5.74) is 1.61. The number of nitrogens with zero attached hydrogens (tertiary/aromatic N) is 2. The van der Waals surface area contributed by atoms with Crippen molar-refractivity contribution in [2.75, 3.05) is 46.9 Å². The molecule has 3 rings (SSSR count). The first-order chi connectivity index (χ1) is 14.5. The predicted octanol–water partition coefficient (Wildman–Crippen LogP) is 3.65. The maximum Gasteiger partial charge on any atom is 0.317 e. The lowest BCUT2D eigenvalue weighted by Crippen LogP contribution is -2.49. The summed E-state index contributed by atoms with van der Waals surface area (Å²) in [5, 5.41) is 3.15. The Morgan fingerprint density at radius 1 is 1.03 bits per heavy atom. The minimum atomic E-state index is -0.287. The van der Waals surface area contributed by atoms with Crippen LogP contribution < -0.4 is 5.32 Å². The van der Waals surface area contributed by atoms with Crippen molar-refractivity contribution in [2.45, 2.75) is 24.8 Å². The van der Waals surface area contributed by atoms with Gasteiger partial charge in [-0.1, -0.05) is 48.5 Å². The molecule has 2 amide bonds. The predicted molar refractivity (Wildman–Crippen MR) is 117 cm³/mol. The van der Waals surface area contributed by atoms with E-state index in [1.165, 1.54) is 11.6 Å². The van der Waals surface area contributed by atoms with E-state index < -0.39 is 0 Å². The smallest absolute Gasteiger partial charge is 0.317 e. The Morgan fingerprint density at radius 2 is 1.70 bits per heavy atom. The van der Waals surface area contributed by atoms with Crippen LogP contribution in [0.25, 0.3) is 0 Å². The number of amides is 2. The molecule has 1 fully saturated rings. The van der Waals surface area contributed by atoms with Crippen molar-refractivity contribution in [3.8, 4) is 0 Å². The molecule has 1 heterocycles. The van der Waals surface area contributed by atoms with E-state index in [1.54, 1.807) is 23.1 Å². The molecule has 1 saturated heterocycles. The lowest BCUT2D eigenvalue weighted by atomic mass is 9.74. The normalized spacial score (nSPS) is 15.7. The van der Waals surface area contributed by atoms with Gasteiger partial charge in [0.1, 0.15) is 5.82 Å². The molecule has 1 aliphatic heterocycles. The highest BCUT2D eigenvalue weighted by Crippen LogP contribution is 2.34. The van der Waals surface area contributed by atoms with Gasteiger partial charge < -0.3 is 19.9 Å². The standard InChI is InChI=1S/C24H32FN3O2/c1-27(2)14-15-28(18-20-8-6-7-11-22(20)25)23(29)26-19-24(12-16-30-17-13-24)21-9-4-3-5-10-21/h3-11H,12-19H2,1-2H3,(H,26,29). The van der Waals surface area contributed by atoms with Gasteiger partial charge in [-0.05, 0) is 38.6 Å². The van der Waals surface area contributed by atoms with Crippen LogP contribution in [-0.2, 0) is 16.7 Å². The van der Waals surface area contributed by atoms with E-state index in [9.17, 15) is 9.18 Å². The van der Waals surface area contributed by atoms with Crippen LogP contribution in [0.15, 0.2) is 54.6 Å². The zero-order valence-electron chi connectivity index (χ0n) is 17.9. The summed E-state index contributed by atoms with van der Waals surface area (Å²) in [6.07, 6.45) is 1.73. The van der Waals surface area contributed by atoms with Crippen molar-refractivity contribution < 1.29 is 13.9 Å². The molecule has 5 nitrogen and oxygen atoms in total. The third-order valence-corrected chi connectivity index (χ3v) is 5.84. The van der Waals surface area contributed by atoms with E-state index >= 15 is 0 Å². The Balaban J connectivity index is 1.72. The summed E-state index contributed by atoms with van der Waals surface area (Å²) in [5.74, 6) is -0.287. The van der Waals surface area contributed by atoms with Gasteiger partial charge in [0.25, 0.3) is 0 Å². The molecular formula is C24H32FN3O2. The van der Waals surface area contributed by atoms with E-state index in [1.807, 2.05) is 37.2 Å². The van der Waals surface area contributed by atoms with Crippen molar-refractivity contribution >= 4 is 6.03 Å². The number of likely N-dealkylation sites (N-methyl/N-ethyl adjacent to an activating group) is 1. The second-order valence-electron chi connectivity index (χ2n) is 8.23. The largest absolute Gasteiger partial charge is 0.381 e. The maximum atomic E-state index is 14.2. The van der Waals surface area contributed by atoms with E-state index in [4.69, 9.17) is 4.74 Å². The molecule has 0 unspecified atom stereocenters. The van der Waals surface area contributed by atoms with Crippen LogP contribution in [0.1, 0.15) is 24.0 Å². The molecule has 0 aromatic heterocycles. The third-order valence-electron chi connectivity index (χ3n) is 5.84. The molecule has 0 saturated carbocycles. The Bertz CT molecular complexity index is 807. The van der Waals surface area contributed by atoms with Crippen LogP contribution in [0, 0.1) is 5.82 Å². The molecule has 0 aliphatic carbocycles. The number of benzene rings is 2. The van der Waals surface area contributed by atoms with Crippen molar-refractivity contribution in [3.05, 3.63) is 71.5 Å². The topological polar surface area (TPSA) is 44.8 Å². The van der Waals surface area contributed by atoms with Gasteiger partial charge in [0.05, 0.1) is 6.54 Å². The highest BCUT2D eigenvalue weighted by atomic mass is 19.1. The summed E-state index contributed by atoms with van der Waals surface area (Å²) < 4.78 is 19.8. The summed E-state index contributed by atoms with van der Waals surface area (Å²) in [4.78, 5) is 16.8. The van der Waals surface area contributed by atoms with Gasteiger partial charge in [0.2, 0.25) is 0 Å². The summed E-state index contributed by atoms with van der Waals surface area (Å²) in [6.45, 7) is 3.38. The first kappa shape index (κ1) is 22.2. The van der Waals surface area contributed by atoms with Crippen molar-refractivity contribution in [1.29, 1.82) is 0 Å². The molecule has 0 radical (unpaired) electrons. The third kappa shape index (κ3) is 5.80. The number of hydrogen-bond donors (Lipinski definition) is 1. The van der Waals surface area contributed by atoms with Crippen molar-refractivity contribution in [3.63, 3.8) is 0 Å². The Hall–Kier alpha value is -2.44. The molecule has 2 aromatic rings. The fourth-order valence-electron chi connectivity index (χ4n) is 3.88. The Morgan fingerprint density at radius 3 is 2.37 bits per heavy atom. The number of urea groups is 1. The summed E-state index contributed by atoms with van der Waals surface area (Å²) in [6, 6.07) is 16.8. The van der Waals surface area contributed by atoms with Gasteiger partial charge in [0, 0.05) is 43.8 Å². The quantitative estimate of drug-likeness (QED) is 0.719. The van der Waals surface area contributed by atoms with E-state index in [-0.39, 0.29) is 23.8 Å². The molecule has 0 spiro atoms. The number of halogens is 1. The van der Waals surface area contributed by atoms with Gasteiger partial charge >= 0.3 is 6.03 Å². The van der Waals surface area contributed by atoms with Crippen molar-refractivity contribution in [2.24, 2.45) is 0 Å². The Labute approximate surface area is 178 Å². The number of carbonyl (C=O) groups excluding carboxylic acids is 1. The number of hydrogen-bond acceptors (Lipinski definition) is 3. The van der Waals surface area contributed by atoms with Crippen LogP contribution >= 0.6 is 0 Å². The lowest BCUT2D eigenvalue weighted by Gasteiger charge is -2.38. The second kappa shape index (κ2) is 10.5. The molecule has 30 heavy (non-hydrogen) atoms. The maximum absolute atomic E-state index is 14.2. The SMILES string of the molecule is CN(C)CCN(Cc1ccccc1F)C(=O)NCC1(c2ccccc2)CCOCC1. The van der Waals surface area contributed by atoms with Gasteiger partial charge in [-0.2, -0.15) is 0 Å². The van der Waals surface area contributed by atoms with Gasteiger partial charge in [0.15, 0.2) is 0 Å². The number of carbonyl (C=O) groups is 1. The molecular weight excluding hydrogens is 381 g/mol. The zero-order chi connectivity index (χ0) is 21.4. The van der Waals surface area contributed by atoms with Crippen molar-refractivity contribution in [1.82, 2.24) is 15.1 Å². The molecule has 1 aliphatic rings. The summed E-state index contributed by atoms with van der Waals surface area (Å²) >= 11 is 0. The fourth-order valence-corrected chi connectivity index (χ4v) is 3.88. The Kier molecular flexibility index (Phi) is 7.82. The second-order valence-corrected chi connectivity index (χ2v) is 8.23. The van der Waals surface area contributed by atoms with E-state index in [0.717, 1.165) is 12.8 Å².